The lowest BCUT2D eigenvalue weighted by atomic mass is 9.83. The van der Waals surface area contributed by atoms with Crippen LogP contribution in [0.5, 0.6) is 0 Å². The molecule has 2 N–H and O–H groups in total. The molecule has 4 heteroatoms. The standard InChI is InChI=1S/C16H30N2O2/c19-9-2-8-18(15-3-1-4-15)12-16(7-10-20-13-16)11-17-14-5-6-14/h14-15,17,19H,1-13H2. The molecule has 0 aromatic heterocycles. The first-order chi connectivity index (χ1) is 9.81. The van der Waals surface area contributed by atoms with E-state index in [2.05, 4.69) is 10.2 Å². The van der Waals surface area contributed by atoms with Crippen LogP contribution in [0.25, 0.3) is 0 Å². The van der Waals surface area contributed by atoms with E-state index in [4.69, 9.17) is 9.84 Å². The predicted octanol–water partition coefficient (Wildman–Crippen LogP) is 1.38. The van der Waals surface area contributed by atoms with Crippen LogP contribution < -0.4 is 5.32 Å². The number of nitrogens with one attached hydrogen (secondary N) is 1. The van der Waals surface area contributed by atoms with Crippen LogP contribution in [0.4, 0.5) is 0 Å². The molecule has 0 spiro atoms. The maximum Gasteiger partial charge on any atom is 0.0547 e. The molecule has 0 aromatic carbocycles. The maximum atomic E-state index is 9.13. The van der Waals surface area contributed by atoms with E-state index in [9.17, 15) is 0 Å². The second-order valence-corrected chi connectivity index (χ2v) is 7.09. The molecule has 0 radical (unpaired) electrons. The van der Waals surface area contributed by atoms with Crippen LogP contribution in [0, 0.1) is 5.41 Å². The highest BCUT2D eigenvalue weighted by molar-refractivity contribution is 4.94. The third-order valence-electron chi connectivity index (χ3n) is 5.26. The quantitative estimate of drug-likeness (QED) is 0.671. The fourth-order valence-electron chi connectivity index (χ4n) is 3.47. The van der Waals surface area contributed by atoms with Gasteiger partial charge < -0.3 is 15.2 Å². The van der Waals surface area contributed by atoms with Crippen LogP contribution in [0.2, 0.25) is 0 Å². The van der Waals surface area contributed by atoms with Crippen LogP contribution in [0.15, 0.2) is 0 Å². The summed E-state index contributed by atoms with van der Waals surface area (Å²) < 4.78 is 5.73. The lowest BCUT2D eigenvalue weighted by Gasteiger charge is -2.42. The van der Waals surface area contributed by atoms with Crippen molar-refractivity contribution in [2.45, 2.75) is 57.0 Å². The van der Waals surface area contributed by atoms with Gasteiger partial charge in [-0.2, -0.15) is 0 Å². The van der Waals surface area contributed by atoms with Crippen LogP contribution in [0.3, 0.4) is 0 Å². The van der Waals surface area contributed by atoms with Crippen LogP contribution in [-0.4, -0.2) is 61.5 Å². The number of hydrogen-bond donors (Lipinski definition) is 2. The molecule has 0 amide bonds. The summed E-state index contributed by atoms with van der Waals surface area (Å²) in [5, 5.41) is 12.9. The van der Waals surface area contributed by atoms with Gasteiger partial charge in [0.25, 0.3) is 0 Å². The summed E-state index contributed by atoms with van der Waals surface area (Å²) in [5.41, 5.74) is 0.313. The minimum absolute atomic E-state index is 0.313. The average molecular weight is 282 g/mol. The lowest BCUT2D eigenvalue weighted by Crippen LogP contribution is -2.50. The Morgan fingerprint density at radius 3 is 2.65 bits per heavy atom. The van der Waals surface area contributed by atoms with Crippen molar-refractivity contribution < 1.29 is 9.84 Å². The SMILES string of the molecule is OCCCN(CC1(CNC2CC2)CCOC1)C1CCC1. The van der Waals surface area contributed by atoms with E-state index in [1.54, 1.807) is 0 Å². The molecule has 20 heavy (non-hydrogen) atoms. The van der Waals surface area contributed by atoms with Gasteiger partial charge in [0.2, 0.25) is 0 Å². The van der Waals surface area contributed by atoms with E-state index < -0.39 is 0 Å². The van der Waals surface area contributed by atoms with Crippen molar-refractivity contribution in [1.82, 2.24) is 10.2 Å². The summed E-state index contributed by atoms with van der Waals surface area (Å²) in [6, 6.07) is 1.54. The smallest absolute Gasteiger partial charge is 0.0547 e. The van der Waals surface area contributed by atoms with Gasteiger partial charge in [0.05, 0.1) is 6.61 Å². The van der Waals surface area contributed by atoms with Gasteiger partial charge in [0, 0.05) is 50.3 Å². The second-order valence-electron chi connectivity index (χ2n) is 7.09. The third-order valence-corrected chi connectivity index (χ3v) is 5.26. The van der Waals surface area contributed by atoms with E-state index in [1.807, 2.05) is 0 Å². The van der Waals surface area contributed by atoms with Crippen LogP contribution in [0.1, 0.15) is 44.9 Å². The van der Waals surface area contributed by atoms with Crippen LogP contribution >= 0.6 is 0 Å². The molecular weight excluding hydrogens is 252 g/mol. The molecule has 1 atom stereocenters. The zero-order chi connectivity index (χ0) is 13.8. The molecule has 1 saturated heterocycles. The fourth-order valence-corrected chi connectivity index (χ4v) is 3.47. The van der Waals surface area contributed by atoms with Crippen LogP contribution in [-0.2, 0) is 4.74 Å². The largest absolute Gasteiger partial charge is 0.396 e. The highest BCUT2D eigenvalue weighted by Crippen LogP contribution is 2.34. The highest BCUT2D eigenvalue weighted by atomic mass is 16.5. The van der Waals surface area contributed by atoms with Gasteiger partial charge in [0.15, 0.2) is 0 Å². The highest BCUT2D eigenvalue weighted by Gasteiger charge is 2.40. The first kappa shape index (κ1) is 14.8. The molecule has 0 aromatic rings. The Morgan fingerprint density at radius 1 is 1.25 bits per heavy atom. The van der Waals surface area contributed by atoms with Crippen molar-refractivity contribution in [2.24, 2.45) is 5.41 Å². The number of aliphatic hydroxyl groups excluding tert-OH is 1. The molecule has 2 saturated carbocycles. The second kappa shape index (κ2) is 6.73. The number of ether oxygens (including phenoxy) is 1. The van der Waals surface area contributed by atoms with E-state index in [0.29, 0.717) is 12.0 Å². The summed E-state index contributed by atoms with van der Waals surface area (Å²) in [6.45, 7) is 5.46. The normalized spacial score (nSPS) is 30.9. The van der Waals surface area contributed by atoms with Gasteiger partial charge in [-0.1, -0.05) is 6.42 Å². The predicted molar refractivity (Wildman–Crippen MR) is 79.8 cm³/mol. The molecule has 1 heterocycles. The van der Waals surface area contributed by atoms with Crippen molar-refractivity contribution >= 4 is 0 Å². The van der Waals surface area contributed by atoms with Gasteiger partial charge in [-0.25, -0.2) is 0 Å². The molecule has 3 aliphatic rings. The van der Waals surface area contributed by atoms with E-state index in [0.717, 1.165) is 51.4 Å². The number of aliphatic hydroxyl groups is 1. The molecule has 1 unspecified atom stereocenters. The molecule has 3 rings (SSSR count). The maximum absolute atomic E-state index is 9.13. The Morgan fingerprint density at radius 2 is 2.10 bits per heavy atom. The molecule has 4 nitrogen and oxygen atoms in total. The molecule has 116 valence electrons. The monoisotopic (exact) mass is 282 g/mol. The van der Waals surface area contributed by atoms with E-state index in [-0.39, 0.29) is 0 Å². The molecule has 0 bridgehead atoms. The van der Waals surface area contributed by atoms with Gasteiger partial charge in [-0.15, -0.1) is 0 Å². The van der Waals surface area contributed by atoms with Gasteiger partial charge in [0.1, 0.15) is 0 Å². The third kappa shape index (κ3) is 3.73. The first-order valence-corrected chi connectivity index (χ1v) is 8.47. The summed E-state index contributed by atoms with van der Waals surface area (Å²) in [5.74, 6) is 0. The van der Waals surface area contributed by atoms with Crippen molar-refractivity contribution in [1.29, 1.82) is 0 Å². The van der Waals surface area contributed by atoms with Crippen molar-refractivity contribution in [3.05, 3.63) is 0 Å². The molecule has 3 fully saturated rings. The summed E-state index contributed by atoms with van der Waals surface area (Å²) in [6.07, 6.45) is 8.88. The lowest BCUT2D eigenvalue weighted by molar-refractivity contribution is 0.0521. The molecule has 2 aliphatic carbocycles. The van der Waals surface area contributed by atoms with Gasteiger partial charge in [-0.3, -0.25) is 4.90 Å². The van der Waals surface area contributed by atoms with Crippen molar-refractivity contribution in [3.8, 4) is 0 Å². The van der Waals surface area contributed by atoms with Crippen molar-refractivity contribution in [2.75, 3.05) is 39.5 Å². The number of rotatable bonds is 9. The zero-order valence-electron chi connectivity index (χ0n) is 12.6. The summed E-state index contributed by atoms with van der Waals surface area (Å²) in [4.78, 5) is 2.64. The Labute approximate surface area is 122 Å². The topological polar surface area (TPSA) is 44.7 Å². The first-order valence-electron chi connectivity index (χ1n) is 8.47. The fraction of sp³-hybridized carbons (Fsp3) is 1.00. The van der Waals surface area contributed by atoms with E-state index in [1.165, 1.54) is 38.5 Å². The van der Waals surface area contributed by atoms with Crippen molar-refractivity contribution in [3.63, 3.8) is 0 Å². The Kier molecular flexibility index (Phi) is 4.97. The van der Waals surface area contributed by atoms with Gasteiger partial charge >= 0.3 is 0 Å². The van der Waals surface area contributed by atoms with E-state index >= 15 is 0 Å². The van der Waals surface area contributed by atoms with Gasteiger partial charge in [-0.05, 0) is 38.5 Å². The minimum atomic E-state index is 0.313. The molecular formula is C16H30N2O2. The average Bonchev–Trinajstić information content (AvgIpc) is 3.12. The number of nitrogens with zero attached hydrogens (tertiary/aromatic N) is 1. The molecule has 1 aliphatic heterocycles. The summed E-state index contributed by atoms with van der Waals surface area (Å²) in [7, 11) is 0. The summed E-state index contributed by atoms with van der Waals surface area (Å²) >= 11 is 0. The number of hydrogen-bond acceptors (Lipinski definition) is 4. The Hall–Kier alpha value is -0.160. The Balaban J connectivity index is 1.56. The zero-order valence-corrected chi connectivity index (χ0v) is 12.6. The Bertz CT molecular complexity index is 297. The minimum Gasteiger partial charge on any atom is -0.396 e.